The summed E-state index contributed by atoms with van der Waals surface area (Å²) in [5.74, 6) is 0. The average molecular weight is 151 g/mol. The second-order valence-electron chi connectivity index (χ2n) is 2.38. The number of hydrogen-bond donors (Lipinski definition) is 2. The zero-order valence-corrected chi connectivity index (χ0v) is 6.14. The van der Waals surface area contributed by atoms with Crippen molar-refractivity contribution in [3.63, 3.8) is 0 Å². The Balaban J connectivity index is 2.39. The van der Waals surface area contributed by atoms with Gasteiger partial charge in [-0.25, -0.2) is 0 Å². The van der Waals surface area contributed by atoms with Crippen molar-refractivity contribution in [2.75, 3.05) is 0 Å². The zero-order chi connectivity index (χ0) is 8.10. The molecule has 0 aliphatic rings. The van der Waals surface area contributed by atoms with Crippen LogP contribution in [0.25, 0.3) is 0 Å². The van der Waals surface area contributed by atoms with Crippen LogP contribution in [0.1, 0.15) is 5.56 Å². The Kier molecular flexibility index (Phi) is 3.07. The third-order valence-electron chi connectivity index (χ3n) is 1.41. The van der Waals surface area contributed by atoms with E-state index in [1.54, 1.807) is 12.4 Å². The maximum atomic E-state index is 8.55. The van der Waals surface area contributed by atoms with E-state index in [0.717, 1.165) is 5.56 Å². The molecule has 0 aromatic carbocycles. The van der Waals surface area contributed by atoms with Crippen molar-refractivity contribution >= 4 is 7.12 Å². The van der Waals surface area contributed by atoms with Gasteiger partial charge in [-0.05, 0) is 24.4 Å². The molecule has 0 atom stereocenters. The minimum Gasteiger partial charge on any atom is -0.427 e. The molecular weight excluding hydrogens is 141 g/mol. The number of aryl methyl sites for hydroxylation is 1. The third-order valence-corrected chi connectivity index (χ3v) is 1.41. The molecule has 1 aromatic rings. The summed E-state index contributed by atoms with van der Waals surface area (Å²) < 4.78 is 0. The number of nitrogens with zero attached hydrogens (tertiary/aromatic N) is 1. The van der Waals surface area contributed by atoms with Crippen LogP contribution in [0, 0.1) is 0 Å². The highest BCUT2D eigenvalue weighted by atomic mass is 16.4. The van der Waals surface area contributed by atoms with E-state index in [1.165, 1.54) is 0 Å². The number of hydrogen-bond acceptors (Lipinski definition) is 3. The third kappa shape index (κ3) is 3.16. The lowest BCUT2D eigenvalue weighted by Gasteiger charge is -1.97. The topological polar surface area (TPSA) is 53.4 Å². The molecule has 0 aliphatic heterocycles. The van der Waals surface area contributed by atoms with Crippen LogP contribution in [-0.2, 0) is 6.42 Å². The number of pyridine rings is 1. The molecule has 1 heterocycles. The van der Waals surface area contributed by atoms with Crippen LogP contribution in [0.2, 0.25) is 6.32 Å². The van der Waals surface area contributed by atoms with Crippen LogP contribution < -0.4 is 0 Å². The highest BCUT2D eigenvalue weighted by Gasteiger charge is 2.05. The molecule has 3 nitrogen and oxygen atoms in total. The Bertz CT molecular complexity index is 203. The van der Waals surface area contributed by atoms with Gasteiger partial charge in [0.1, 0.15) is 0 Å². The van der Waals surface area contributed by atoms with Gasteiger partial charge in [0.15, 0.2) is 0 Å². The quantitative estimate of drug-likeness (QED) is 0.602. The van der Waals surface area contributed by atoms with Gasteiger partial charge < -0.3 is 10.0 Å². The van der Waals surface area contributed by atoms with E-state index in [4.69, 9.17) is 10.0 Å². The van der Waals surface area contributed by atoms with Crippen molar-refractivity contribution < 1.29 is 10.0 Å². The summed E-state index contributed by atoms with van der Waals surface area (Å²) in [6.45, 7) is 0. The fourth-order valence-electron chi connectivity index (χ4n) is 0.842. The van der Waals surface area contributed by atoms with Gasteiger partial charge >= 0.3 is 7.12 Å². The fraction of sp³-hybridized carbons (Fsp3) is 0.286. The lowest BCUT2D eigenvalue weighted by atomic mass is 9.83. The van der Waals surface area contributed by atoms with E-state index in [1.807, 2.05) is 12.1 Å². The van der Waals surface area contributed by atoms with Gasteiger partial charge in [0, 0.05) is 12.4 Å². The molecule has 0 amide bonds. The molecule has 1 aromatic heterocycles. The van der Waals surface area contributed by atoms with Crippen molar-refractivity contribution in [3.05, 3.63) is 30.1 Å². The predicted molar refractivity (Wildman–Crippen MR) is 42.9 cm³/mol. The summed E-state index contributed by atoms with van der Waals surface area (Å²) in [6.07, 6.45) is 4.44. The molecular formula is C7H10BNO2. The predicted octanol–water partition coefficient (Wildman–Crippen LogP) is 0.0969. The molecule has 0 bridgehead atoms. The smallest absolute Gasteiger partial charge is 0.427 e. The van der Waals surface area contributed by atoms with Crippen LogP contribution in [0.15, 0.2) is 24.5 Å². The van der Waals surface area contributed by atoms with Gasteiger partial charge in [-0.15, -0.1) is 0 Å². The minimum absolute atomic E-state index is 0.367. The fourth-order valence-corrected chi connectivity index (χ4v) is 0.842. The van der Waals surface area contributed by atoms with Gasteiger partial charge in [0.05, 0.1) is 0 Å². The molecule has 11 heavy (non-hydrogen) atoms. The molecule has 0 unspecified atom stereocenters. The maximum absolute atomic E-state index is 8.55. The standard InChI is InChI=1S/C7H10BNO2/c10-8(11)4-3-7-2-1-5-9-6-7/h1-2,5-6,10-11H,3-4H2. The van der Waals surface area contributed by atoms with Gasteiger partial charge in [-0.1, -0.05) is 6.07 Å². The first-order valence-electron chi connectivity index (χ1n) is 3.54. The molecule has 0 saturated heterocycles. The summed E-state index contributed by atoms with van der Waals surface area (Å²) in [5, 5.41) is 17.1. The van der Waals surface area contributed by atoms with Gasteiger partial charge in [0.2, 0.25) is 0 Å². The molecule has 0 fully saturated rings. The van der Waals surface area contributed by atoms with Crippen LogP contribution in [-0.4, -0.2) is 22.2 Å². The van der Waals surface area contributed by atoms with Gasteiger partial charge in [-0.3, -0.25) is 4.98 Å². The molecule has 0 spiro atoms. The lowest BCUT2D eigenvalue weighted by molar-refractivity contribution is 0.405. The molecule has 0 saturated carbocycles. The van der Waals surface area contributed by atoms with Crippen molar-refractivity contribution in [1.29, 1.82) is 0 Å². The highest BCUT2D eigenvalue weighted by molar-refractivity contribution is 6.40. The lowest BCUT2D eigenvalue weighted by Crippen LogP contribution is -2.11. The summed E-state index contributed by atoms with van der Waals surface area (Å²) in [6, 6.07) is 3.74. The van der Waals surface area contributed by atoms with Crippen LogP contribution in [0.4, 0.5) is 0 Å². The summed E-state index contributed by atoms with van der Waals surface area (Å²) in [7, 11) is -1.21. The van der Waals surface area contributed by atoms with Crippen LogP contribution in [0.5, 0.6) is 0 Å². The van der Waals surface area contributed by atoms with E-state index in [9.17, 15) is 0 Å². The van der Waals surface area contributed by atoms with E-state index in [2.05, 4.69) is 4.98 Å². The zero-order valence-electron chi connectivity index (χ0n) is 6.14. The van der Waals surface area contributed by atoms with E-state index >= 15 is 0 Å². The molecule has 2 N–H and O–H groups in total. The normalized spacial score (nSPS) is 9.64. The average Bonchev–Trinajstić information content (AvgIpc) is 2.03. The van der Waals surface area contributed by atoms with E-state index < -0.39 is 7.12 Å². The van der Waals surface area contributed by atoms with Crippen molar-refractivity contribution in [1.82, 2.24) is 4.98 Å². The van der Waals surface area contributed by atoms with Crippen molar-refractivity contribution in [3.8, 4) is 0 Å². The molecule has 0 radical (unpaired) electrons. The minimum atomic E-state index is -1.21. The van der Waals surface area contributed by atoms with Gasteiger partial charge in [-0.2, -0.15) is 0 Å². The molecule has 0 aliphatic carbocycles. The second kappa shape index (κ2) is 4.11. The van der Waals surface area contributed by atoms with Crippen molar-refractivity contribution in [2.24, 2.45) is 0 Å². The maximum Gasteiger partial charge on any atom is 0.451 e. The Hall–Kier alpha value is -0.865. The number of aromatic nitrogens is 1. The van der Waals surface area contributed by atoms with Crippen LogP contribution in [0.3, 0.4) is 0 Å². The highest BCUT2D eigenvalue weighted by Crippen LogP contribution is 2.00. The van der Waals surface area contributed by atoms with E-state index in [0.29, 0.717) is 12.7 Å². The van der Waals surface area contributed by atoms with E-state index in [-0.39, 0.29) is 0 Å². The Morgan fingerprint density at radius 3 is 2.82 bits per heavy atom. The van der Waals surface area contributed by atoms with Crippen LogP contribution >= 0.6 is 0 Å². The summed E-state index contributed by atoms with van der Waals surface area (Å²) in [4.78, 5) is 3.90. The molecule has 58 valence electrons. The SMILES string of the molecule is OB(O)CCc1cccnc1. The van der Waals surface area contributed by atoms with Gasteiger partial charge in [0.25, 0.3) is 0 Å². The Morgan fingerprint density at radius 1 is 1.45 bits per heavy atom. The first kappa shape index (κ1) is 8.23. The first-order valence-corrected chi connectivity index (χ1v) is 3.54. The number of rotatable bonds is 3. The molecule has 4 heteroatoms. The first-order chi connectivity index (χ1) is 5.29. The Morgan fingerprint density at radius 2 is 2.27 bits per heavy atom. The Labute approximate surface area is 65.9 Å². The van der Waals surface area contributed by atoms with Crippen molar-refractivity contribution in [2.45, 2.75) is 12.7 Å². The molecule has 1 rings (SSSR count). The monoisotopic (exact) mass is 151 g/mol. The summed E-state index contributed by atoms with van der Waals surface area (Å²) in [5.41, 5.74) is 1.03. The largest absolute Gasteiger partial charge is 0.451 e. The summed E-state index contributed by atoms with van der Waals surface area (Å²) >= 11 is 0. The second-order valence-corrected chi connectivity index (χ2v) is 2.38.